The highest BCUT2D eigenvalue weighted by molar-refractivity contribution is 6.29. The van der Waals surface area contributed by atoms with E-state index in [2.05, 4.69) is 4.98 Å². The number of piperidine rings is 1. The fourth-order valence-corrected chi connectivity index (χ4v) is 2.26. The summed E-state index contributed by atoms with van der Waals surface area (Å²) in [6.45, 7) is 1.19. The van der Waals surface area contributed by atoms with E-state index >= 15 is 0 Å². The third-order valence-electron chi connectivity index (χ3n) is 2.99. The summed E-state index contributed by atoms with van der Waals surface area (Å²) in [5, 5.41) is 9.33. The molecule has 0 saturated carbocycles. The molecule has 0 radical (unpaired) electrons. The van der Waals surface area contributed by atoms with Crippen molar-refractivity contribution >= 4 is 17.7 Å². The molecule has 0 aromatic carbocycles. The van der Waals surface area contributed by atoms with Gasteiger partial charge in [0.25, 0.3) is 0 Å². The van der Waals surface area contributed by atoms with Crippen molar-refractivity contribution in [1.82, 2.24) is 9.88 Å². The van der Waals surface area contributed by atoms with Gasteiger partial charge in [-0.15, -0.1) is 0 Å². The maximum atomic E-state index is 10.7. The number of carboxylic acid groups (broad SMARTS) is 1. The van der Waals surface area contributed by atoms with E-state index in [-0.39, 0.29) is 0 Å². The van der Waals surface area contributed by atoms with Crippen LogP contribution < -0.4 is 0 Å². The van der Waals surface area contributed by atoms with Gasteiger partial charge in [0.2, 0.25) is 0 Å². The van der Waals surface area contributed by atoms with E-state index in [9.17, 15) is 4.79 Å². The molecule has 1 amide bonds. The monoisotopic (exact) mass is 240 g/mol. The minimum absolute atomic E-state index is 0.399. The van der Waals surface area contributed by atoms with Crippen molar-refractivity contribution in [3.8, 4) is 0 Å². The van der Waals surface area contributed by atoms with Gasteiger partial charge in [-0.2, -0.15) is 0 Å². The van der Waals surface area contributed by atoms with Crippen LogP contribution in [0.1, 0.15) is 24.3 Å². The zero-order valence-corrected chi connectivity index (χ0v) is 9.52. The third kappa shape index (κ3) is 2.44. The van der Waals surface area contributed by atoms with E-state index < -0.39 is 6.09 Å². The molecule has 0 unspecified atom stereocenters. The first-order valence-electron chi connectivity index (χ1n) is 5.26. The van der Waals surface area contributed by atoms with Crippen LogP contribution in [0.15, 0.2) is 18.3 Å². The summed E-state index contributed by atoms with van der Waals surface area (Å²) in [7, 11) is 0. The lowest BCUT2D eigenvalue weighted by Gasteiger charge is -2.30. The van der Waals surface area contributed by atoms with E-state index in [1.165, 1.54) is 4.90 Å². The standard InChI is InChI=1S/C11H13ClN2O2/c12-10-7-9(1-4-13-10)8-2-5-14(6-3-8)11(15)16/h1,4,7-8H,2-3,5-6H2,(H,15,16). The average Bonchev–Trinajstić information content (AvgIpc) is 2.29. The zero-order valence-electron chi connectivity index (χ0n) is 8.77. The smallest absolute Gasteiger partial charge is 0.407 e. The van der Waals surface area contributed by atoms with Crippen molar-refractivity contribution in [3.63, 3.8) is 0 Å². The van der Waals surface area contributed by atoms with Crippen LogP contribution in [0.25, 0.3) is 0 Å². The number of pyridine rings is 1. The summed E-state index contributed by atoms with van der Waals surface area (Å²) < 4.78 is 0. The van der Waals surface area contributed by atoms with E-state index in [4.69, 9.17) is 16.7 Å². The molecule has 86 valence electrons. The Labute approximate surface area is 98.9 Å². The fraction of sp³-hybridized carbons (Fsp3) is 0.455. The molecule has 1 fully saturated rings. The number of halogens is 1. The van der Waals surface area contributed by atoms with Crippen molar-refractivity contribution in [3.05, 3.63) is 29.0 Å². The fourth-order valence-electron chi connectivity index (χ4n) is 2.08. The van der Waals surface area contributed by atoms with Crippen molar-refractivity contribution in [2.75, 3.05) is 13.1 Å². The first-order chi connectivity index (χ1) is 7.66. The van der Waals surface area contributed by atoms with Crippen LogP contribution in [0.2, 0.25) is 5.15 Å². The van der Waals surface area contributed by atoms with Gasteiger partial charge < -0.3 is 10.0 Å². The molecule has 0 atom stereocenters. The molecule has 2 heterocycles. The molecule has 0 bridgehead atoms. The predicted octanol–water partition coefficient (Wildman–Crippen LogP) is 2.59. The number of likely N-dealkylation sites (tertiary alicyclic amines) is 1. The molecule has 4 nitrogen and oxygen atoms in total. The quantitative estimate of drug-likeness (QED) is 0.768. The Hall–Kier alpha value is -1.29. The molecule has 0 aliphatic carbocycles. The van der Waals surface area contributed by atoms with Gasteiger partial charge in [-0.3, -0.25) is 0 Å². The predicted molar refractivity (Wildman–Crippen MR) is 60.8 cm³/mol. The topological polar surface area (TPSA) is 53.4 Å². The Balaban J connectivity index is 2.01. The largest absolute Gasteiger partial charge is 0.465 e. The molecule has 2 rings (SSSR count). The van der Waals surface area contributed by atoms with E-state index in [0.717, 1.165) is 18.4 Å². The van der Waals surface area contributed by atoms with Gasteiger partial charge in [0.1, 0.15) is 5.15 Å². The maximum absolute atomic E-state index is 10.7. The SMILES string of the molecule is O=C(O)N1CCC(c2ccnc(Cl)c2)CC1. The lowest BCUT2D eigenvalue weighted by atomic mass is 9.90. The zero-order chi connectivity index (χ0) is 11.5. The summed E-state index contributed by atoms with van der Waals surface area (Å²) >= 11 is 5.83. The normalized spacial score (nSPS) is 17.4. The third-order valence-corrected chi connectivity index (χ3v) is 3.19. The van der Waals surface area contributed by atoms with Crippen molar-refractivity contribution in [2.24, 2.45) is 0 Å². The summed E-state index contributed by atoms with van der Waals surface area (Å²) in [6.07, 6.45) is 2.58. The summed E-state index contributed by atoms with van der Waals surface area (Å²) in [5.74, 6) is 0.399. The molecule has 1 saturated heterocycles. The van der Waals surface area contributed by atoms with Crippen LogP contribution in [0.3, 0.4) is 0 Å². The second-order valence-electron chi connectivity index (χ2n) is 3.96. The van der Waals surface area contributed by atoms with Gasteiger partial charge >= 0.3 is 6.09 Å². The minimum Gasteiger partial charge on any atom is -0.465 e. The highest BCUT2D eigenvalue weighted by atomic mass is 35.5. The molecule has 0 spiro atoms. The lowest BCUT2D eigenvalue weighted by molar-refractivity contribution is 0.132. The number of hydrogen-bond acceptors (Lipinski definition) is 2. The molecule has 1 aliphatic heterocycles. The number of rotatable bonds is 1. The summed E-state index contributed by atoms with van der Waals surface area (Å²) in [4.78, 5) is 16.1. The van der Waals surface area contributed by atoms with E-state index in [1.807, 2.05) is 12.1 Å². The molecule has 1 aliphatic rings. The number of nitrogens with zero attached hydrogens (tertiary/aromatic N) is 2. The van der Waals surface area contributed by atoms with Gasteiger partial charge in [0, 0.05) is 19.3 Å². The van der Waals surface area contributed by atoms with Gasteiger partial charge in [-0.25, -0.2) is 9.78 Å². The Morgan fingerprint density at radius 3 is 2.75 bits per heavy atom. The molecular formula is C11H13ClN2O2. The molecule has 16 heavy (non-hydrogen) atoms. The first-order valence-corrected chi connectivity index (χ1v) is 5.64. The highest BCUT2D eigenvalue weighted by Gasteiger charge is 2.23. The van der Waals surface area contributed by atoms with Gasteiger partial charge in [0.05, 0.1) is 0 Å². The second kappa shape index (κ2) is 4.70. The van der Waals surface area contributed by atoms with Crippen LogP contribution in [-0.2, 0) is 0 Å². The maximum Gasteiger partial charge on any atom is 0.407 e. The van der Waals surface area contributed by atoms with Crippen molar-refractivity contribution < 1.29 is 9.90 Å². The Morgan fingerprint density at radius 1 is 1.50 bits per heavy atom. The Morgan fingerprint density at radius 2 is 2.19 bits per heavy atom. The Bertz CT molecular complexity index is 389. The average molecular weight is 241 g/mol. The summed E-state index contributed by atoms with van der Waals surface area (Å²) in [5.41, 5.74) is 1.16. The van der Waals surface area contributed by atoms with E-state index in [0.29, 0.717) is 24.2 Å². The molecular weight excluding hydrogens is 228 g/mol. The van der Waals surface area contributed by atoms with Gasteiger partial charge in [-0.1, -0.05) is 11.6 Å². The van der Waals surface area contributed by atoms with Crippen molar-refractivity contribution in [1.29, 1.82) is 0 Å². The minimum atomic E-state index is -0.828. The first kappa shape index (κ1) is 11.2. The lowest BCUT2D eigenvalue weighted by Crippen LogP contribution is -2.36. The second-order valence-corrected chi connectivity index (χ2v) is 4.34. The van der Waals surface area contributed by atoms with Crippen LogP contribution in [0.4, 0.5) is 4.79 Å². The summed E-state index contributed by atoms with van der Waals surface area (Å²) in [6, 6.07) is 3.82. The van der Waals surface area contributed by atoms with Crippen LogP contribution in [0.5, 0.6) is 0 Å². The Kier molecular flexibility index (Phi) is 3.29. The number of hydrogen-bond donors (Lipinski definition) is 1. The van der Waals surface area contributed by atoms with Crippen LogP contribution in [-0.4, -0.2) is 34.2 Å². The highest BCUT2D eigenvalue weighted by Crippen LogP contribution is 2.28. The number of aromatic nitrogens is 1. The van der Waals surface area contributed by atoms with Gasteiger partial charge in [0.15, 0.2) is 0 Å². The van der Waals surface area contributed by atoms with Crippen LogP contribution in [0, 0.1) is 0 Å². The molecule has 1 aromatic rings. The van der Waals surface area contributed by atoms with Gasteiger partial charge in [-0.05, 0) is 36.5 Å². The molecule has 1 aromatic heterocycles. The van der Waals surface area contributed by atoms with E-state index in [1.54, 1.807) is 6.20 Å². The molecule has 5 heteroatoms. The number of carbonyl (C=O) groups is 1. The van der Waals surface area contributed by atoms with Crippen molar-refractivity contribution in [2.45, 2.75) is 18.8 Å². The number of amides is 1. The molecule has 1 N–H and O–H groups in total. The van der Waals surface area contributed by atoms with Crippen LogP contribution >= 0.6 is 11.6 Å².